The minimum Gasteiger partial charge on any atom is -0.466 e. The molecular weight excluding hydrogens is 361 g/mol. The van der Waals surface area contributed by atoms with Gasteiger partial charge in [0, 0.05) is 23.0 Å². The number of aromatic amines is 1. The summed E-state index contributed by atoms with van der Waals surface area (Å²) in [7, 11) is 0. The number of anilines is 2. The molecule has 2 N–H and O–H groups in total. The Morgan fingerprint density at radius 3 is 3.07 bits per heavy atom. The second kappa shape index (κ2) is 7.50. The second-order valence-electron chi connectivity index (χ2n) is 6.26. The Bertz CT molecular complexity index is 1100. The van der Waals surface area contributed by atoms with Crippen molar-refractivity contribution in [2.75, 3.05) is 12.1 Å². The summed E-state index contributed by atoms with van der Waals surface area (Å²) in [6.07, 6.45) is 1.43. The van der Waals surface area contributed by atoms with Gasteiger partial charge in [0.05, 0.1) is 6.61 Å². The zero-order valence-corrected chi connectivity index (χ0v) is 15.0. The van der Waals surface area contributed by atoms with Crippen molar-refractivity contribution in [2.24, 2.45) is 4.99 Å². The van der Waals surface area contributed by atoms with Crippen molar-refractivity contribution >= 4 is 23.5 Å². The van der Waals surface area contributed by atoms with Crippen LogP contribution in [0.4, 0.5) is 21.7 Å². The zero-order chi connectivity index (χ0) is 19.5. The van der Waals surface area contributed by atoms with Gasteiger partial charge in [-0.25, -0.2) is 9.38 Å². The van der Waals surface area contributed by atoms with Crippen molar-refractivity contribution in [1.29, 1.82) is 5.26 Å². The SMILES string of the molecule is Cc1cccc(Nc2[nH]nc(N=Cc3cc(F)cc4c3OCOC4)c2C#N)c1. The van der Waals surface area contributed by atoms with Gasteiger partial charge in [-0.05, 0) is 36.8 Å². The van der Waals surface area contributed by atoms with Gasteiger partial charge >= 0.3 is 0 Å². The molecule has 2 heterocycles. The molecule has 140 valence electrons. The first-order chi connectivity index (χ1) is 13.6. The molecule has 28 heavy (non-hydrogen) atoms. The van der Waals surface area contributed by atoms with Crippen molar-refractivity contribution in [3.63, 3.8) is 0 Å². The van der Waals surface area contributed by atoms with Gasteiger partial charge in [-0.3, -0.25) is 5.10 Å². The molecule has 0 spiro atoms. The van der Waals surface area contributed by atoms with Crippen LogP contribution in [-0.2, 0) is 11.3 Å². The summed E-state index contributed by atoms with van der Waals surface area (Å²) in [5.74, 6) is 0.732. The normalized spacial score (nSPS) is 13.0. The third-order valence-corrected chi connectivity index (χ3v) is 4.18. The standard InChI is InChI=1S/C20H16FN5O2/c1-12-3-2-4-16(5-12)24-20-17(8-22)19(25-26-20)23-9-13-6-15(21)7-14-10-27-11-28-18(13)14/h2-7,9H,10-11H2,1H3,(H2,24,25,26). The third-order valence-electron chi connectivity index (χ3n) is 4.18. The third kappa shape index (κ3) is 3.56. The fourth-order valence-electron chi connectivity index (χ4n) is 2.92. The number of aromatic nitrogens is 2. The van der Waals surface area contributed by atoms with Crippen molar-refractivity contribution in [1.82, 2.24) is 10.2 Å². The molecular formula is C20H16FN5O2. The van der Waals surface area contributed by atoms with Crippen molar-refractivity contribution < 1.29 is 13.9 Å². The van der Waals surface area contributed by atoms with Crippen LogP contribution in [0.2, 0.25) is 0 Å². The Hall–Kier alpha value is -3.70. The van der Waals surface area contributed by atoms with E-state index in [0.717, 1.165) is 11.3 Å². The molecule has 8 heteroatoms. The van der Waals surface area contributed by atoms with Gasteiger partial charge < -0.3 is 14.8 Å². The van der Waals surface area contributed by atoms with Crippen LogP contribution in [0.1, 0.15) is 22.3 Å². The van der Waals surface area contributed by atoms with Gasteiger partial charge in [-0.1, -0.05) is 12.1 Å². The number of benzene rings is 2. The molecule has 0 fully saturated rings. The van der Waals surface area contributed by atoms with E-state index in [1.54, 1.807) is 0 Å². The number of nitriles is 1. The van der Waals surface area contributed by atoms with Crippen molar-refractivity contribution in [2.45, 2.75) is 13.5 Å². The summed E-state index contributed by atoms with van der Waals surface area (Å²) < 4.78 is 24.5. The first-order valence-electron chi connectivity index (χ1n) is 8.53. The van der Waals surface area contributed by atoms with E-state index in [2.05, 4.69) is 26.6 Å². The van der Waals surface area contributed by atoms with E-state index < -0.39 is 5.82 Å². The molecule has 1 aliphatic heterocycles. The maximum atomic E-state index is 13.8. The minimum atomic E-state index is -0.418. The molecule has 0 unspecified atom stereocenters. The van der Waals surface area contributed by atoms with E-state index >= 15 is 0 Å². The Kier molecular flexibility index (Phi) is 4.74. The van der Waals surface area contributed by atoms with E-state index in [1.807, 2.05) is 31.2 Å². The average molecular weight is 377 g/mol. The van der Waals surface area contributed by atoms with Crippen molar-refractivity contribution in [3.05, 3.63) is 64.5 Å². The van der Waals surface area contributed by atoms with Crippen LogP contribution in [0.3, 0.4) is 0 Å². The Labute approximate surface area is 160 Å². The molecule has 0 saturated carbocycles. The van der Waals surface area contributed by atoms with Gasteiger partial charge in [0.1, 0.15) is 29.0 Å². The summed E-state index contributed by atoms with van der Waals surface area (Å²) in [5.41, 5.74) is 3.23. The number of hydrogen-bond acceptors (Lipinski definition) is 6. The Morgan fingerprint density at radius 2 is 2.25 bits per heavy atom. The predicted octanol–water partition coefficient (Wildman–Crippen LogP) is 4.09. The monoisotopic (exact) mass is 377 g/mol. The lowest BCUT2D eigenvalue weighted by Crippen LogP contribution is -2.13. The highest BCUT2D eigenvalue weighted by molar-refractivity contribution is 5.87. The summed E-state index contributed by atoms with van der Waals surface area (Å²) in [6.45, 7) is 2.34. The molecule has 0 saturated heterocycles. The van der Waals surface area contributed by atoms with E-state index in [1.165, 1.54) is 18.3 Å². The molecule has 1 aliphatic rings. The maximum absolute atomic E-state index is 13.8. The maximum Gasteiger partial charge on any atom is 0.193 e. The van der Waals surface area contributed by atoms with Gasteiger partial charge in [-0.15, -0.1) is 0 Å². The zero-order valence-electron chi connectivity index (χ0n) is 15.0. The van der Waals surface area contributed by atoms with E-state index in [9.17, 15) is 9.65 Å². The highest BCUT2D eigenvalue weighted by Crippen LogP contribution is 2.30. The molecule has 7 nitrogen and oxygen atoms in total. The quantitative estimate of drug-likeness (QED) is 0.668. The largest absolute Gasteiger partial charge is 0.466 e. The van der Waals surface area contributed by atoms with Crippen LogP contribution < -0.4 is 10.1 Å². The lowest BCUT2D eigenvalue weighted by molar-refractivity contribution is -0.0166. The number of fused-ring (bicyclic) bond motifs is 1. The molecule has 0 amide bonds. The van der Waals surface area contributed by atoms with Crippen LogP contribution in [0.25, 0.3) is 0 Å². The Balaban J connectivity index is 1.64. The van der Waals surface area contributed by atoms with Crippen molar-refractivity contribution in [3.8, 4) is 11.8 Å². The van der Waals surface area contributed by atoms with Crippen LogP contribution in [0.15, 0.2) is 41.4 Å². The average Bonchev–Trinajstić information content (AvgIpc) is 3.07. The first-order valence-corrected chi connectivity index (χ1v) is 8.53. The summed E-state index contributed by atoms with van der Waals surface area (Å²) in [6, 6.07) is 12.5. The molecule has 1 aromatic heterocycles. The van der Waals surface area contributed by atoms with Gasteiger partial charge in [-0.2, -0.15) is 10.4 Å². The summed E-state index contributed by atoms with van der Waals surface area (Å²) in [5, 5.41) is 19.5. The molecule has 0 aliphatic carbocycles. The van der Waals surface area contributed by atoms with Crippen LogP contribution >= 0.6 is 0 Å². The predicted molar refractivity (Wildman–Crippen MR) is 102 cm³/mol. The van der Waals surface area contributed by atoms with Gasteiger partial charge in [0.2, 0.25) is 0 Å². The van der Waals surface area contributed by atoms with E-state index in [-0.39, 0.29) is 24.8 Å². The highest BCUT2D eigenvalue weighted by atomic mass is 19.1. The smallest absolute Gasteiger partial charge is 0.193 e. The number of nitrogens with zero attached hydrogens (tertiary/aromatic N) is 3. The number of H-pyrrole nitrogens is 1. The lowest BCUT2D eigenvalue weighted by Gasteiger charge is -2.19. The van der Waals surface area contributed by atoms with E-state index in [0.29, 0.717) is 22.7 Å². The minimum absolute atomic E-state index is 0.0931. The number of ether oxygens (including phenoxy) is 2. The second-order valence-corrected chi connectivity index (χ2v) is 6.26. The summed E-state index contributed by atoms with van der Waals surface area (Å²) in [4.78, 5) is 4.26. The number of rotatable bonds is 4. The van der Waals surface area contributed by atoms with Gasteiger partial charge in [0.15, 0.2) is 12.6 Å². The van der Waals surface area contributed by atoms with Gasteiger partial charge in [0.25, 0.3) is 0 Å². The molecule has 4 rings (SSSR count). The number of nitrogens with one attached hydrogen (secondary N) is 2. The molecule has 3 aromatic rings. The number of aliphatic imine (C=N–C) groups is 1. The fraction of sp³-hybridized carbons (Fsp3) is 0.150. The molecule has 0 bridgehead atoms. The fourth-order valence-corrected chi connectivity index (χ4v) is 2.92. The molecule has 0 atom stereocenters. The molecule has 2 aromatic carbocycles. The number of hydrogen-bond donors (Lipinski definition) is 2. The van der Waals surface area contributed by atoms with Crippen LogP contribution in [0, 0.1) is 24.1 Å². The Morgan fingerprint density at radius 1 is 1.36 bits per heavy atom. The van der Waals surface area contributed by atoms with Crippen LogP contribution in [0.5, 0.6) is 5.75 Å². The number of aryl methyl sites for hydroxylation is 1. The molecule has 0 radical (unpaired) electrons. The topological polar surface area (TPSA) is 95.3 Å². The van der Waals surface area contributed by atoms with Crippen LogP contribution in [-0.4, -0.2) is 23.2 Å². The first kappa shape index (κ1) is 17.7. The lowest BCUT2D eigenvalue weighted by atomic mass is 10.1. The summed E-state index contributed by atoms with van der Waals surface area (Å²) >= 11 is 0. The highest BCUT2D eigenvalue weighted by Gasteiger charge is 2.17. The van der Waals surface area contributed by atoms with E-state index in [4.69, 9.17) is 9.47 Å². The number of halogens is 1.